The predicted molar refractivity (Wildman–Crippen MR) is 64.3 cm³/mol. The molecule has 0 radical (unpaired) electrons. The number of rotatable bonds is 4. The number of hydrogen-bond donors (Lipinski definition) is 0. The van der Waals surface area contributed by atoms with Crippen molar-refractivity contribution in [1.29, 1.82) is 0 Å². The third-order valence-corrected chi connectivity index (χ3v) is 1.85. The van der Waals surface area contributed by atoms with E-state index in [0.717, 1.165) is 5.75 Å². The van der Waals surface area contributed by atoms with Crippen LogP contribution in [0, 0.1) is 6.92 Å². The van der Waals surface area contributed by atoms with E-state index >= 15 is 0 Å². The molecule has 0 amide bonds. The topological polar surface area (TPSA) is 21.6 Å². The Bertz CT molecular complexity index is 374. The van der Waals surface area contributed by atoms with E-state index in [2.05, 4.69) is 11.6 Å². The first kappa shape index (κ1) is 11.2. The number of allylic oxidation sites excluding steroid dienone is 2. The van der Waals surface area contributed by atoms with Crippen LogP contribution in [-0.4, -0.2) is 6.21 Å². The molecule has 0 saturated heterocycles. The molecule has 0 fully saturated rings. The summed E-state index contributed by atoms with van der Waals surface area (Å²) < 4.78 is 5.58. The fraction of sp³-hybridized carbons (Fsp3) is 0.154. The van der Waals surface area contributed by atoms with Crippen molar-refractivity contribution in [2.24, 2.45) is 4.99 Å². The predicted octanol–water partition coefficient (Wildman–Crippen LogP) is 3.49. The summed E-state index contributed by atoms with van der Waals surface area (Å²) in [7, 11) is 0. The molecule has 0 N–H and O–H groups in total. The first-order chi connectivity index (χ1) is 7.26. The lowest BCUT2D eigenvalue weighted by molar-refractivity contribution is 0.456. The minimum Gasteiger partial charge on any atom is -0.456 e. The van der Waals surface area contributed by atoms with Crippen LogP contribution in [0.25, 0.3) is 0 Å². The molecule has 15 heavy (non-hydrogen) atoms. The maximum Gasteiger partial charge on any atom is 0.141 e. The summed E-state index contributed by atoms with van der Waals surface area (Å²) in [6, 6.07) is 7.88. The lowest BCUT2D eigenvalue weighted by Crippen LogP contribution is -1.95. The zero-order valence-electron chi connectivity index (χ0n) is 9.10. The van der Waals surface area contributed by atoms with Crippen LogP contribution in [-0.2, 0) is 0 Å². The molecule has 0 spiro atoms. The summed E-state index contributed by atoms with van der Waals surface area (Å²) in [5.41, 5.74) is 1.21. The molecule has 0 saturated carbocycles. The average Bonchev–Trinajstić information content (AvgIpc) is 2.27. The number of nitrogens with zero attached hydrogens (tertiary/aromatic N) is 1. The highest BCUT2D eigenvalue weighted by Gasteiger charge is 1.95. The lowest BCUT2D eigenvalue weighted by atomic mass is 10.2. The number of hydrogen-bond acceptors (Lipinski definition) is 2. The van der Waals surface area contributed by atoms with E-state index in [0.29, 0.717) is 5.76 Å². The van der Waals surface area contributed by atoms with Crippen LogP contribution in [0.2, 0.25) is 0 Å². The highest BCUT2D eigenvalue weighted by atomic mass is 16.5. The van der Waals surface area contributed by atoms with E-state index in [4.69, 9.17) is 4.74 Å². The van der Waals surface area contributed by atoms with Gasteiger partial charge in [-0.05, 0) is 32.1 Å². The largest absolute Gasteiger partial charge is 0.456 e. The summed E-state index contributed by atoms with van der Waals surface area (Å²) in [5.74, 6) is 1.52. The van der Waals surface area contributed by atoms with E-state index in [9.17, 15) is 0 Å². The van der Waals surface area contributed by atoms with Gasteiger partial charge < -0.3 is 4.74 Å². The Labute approximate surface area is 90.6 Å². The van der Waals surface area contributed by atoms with Crippen molar-refractivity contribution in [3.05, 3.63) is 54.4 Å². The molecule has 78 valence electrons. The Hall–Kier alpha value is -1.83. The van der Waals surface area contributed by atoms with E-state index in [1.54, 1.807) is 6.21 Å². The zero-order chi connectivity index (χ0) is 11.1. The van der Waals surface area contributed by atoms with Gasteiger partial charge in [-0.25, -0.2) is 0 Å². The number of aryl methyl sites for hydroxylation is 1. The second kappa shape index (κ2) is 5.81. The van der Waals surface area contributed by atoms with E-state index < -0.39 is 0 Å². The average molecular weight is 201 g/mol. The third-order valence-electron chi connectivity index (χ3n) is 1.85. The molecule has 0 aliphatic rings. The van der Waals surface area contributed by atoms with Gasteiger partial charge in [0.05, 0.1) is 6.21 Å². The normalized spacial score (nSPS) is 11.7. The monoisotopic (exact) mass is 201 g/mol. The Kier molecular flexibility index (Phi) is 4.35. The number of ether oxygens (including phenoxy) is 1. The summed E-state index contributed by atoms with van der Waals surface area (Å²) >= 11 is 0. The quantitative estimate of drug-likeness (QED) is 0.539. The fourth-order valence-corrected chi connectivity index (χ4v) is 1.03. The molecule has 0 aliphatic carbocycles. The Morgan fingerprint density at radius 2 is 2.00 bits per heavy atom. The van der Waals surface area contributed by atoms with Crippen LogP contribution in [0.15, 0.2) is 53.9 Å². The molecule has 2 heteroatoms. The molecule has 0 unspecified atom stereocenters. The summed E-state index contributed by atoms with van der Waals surface area (Å²) in [6.07, 6.45) is 4.96. The number of aliphatic imine (C=N–C) groups is 1. The summed E-state index contributed by atoms with van der Waals surface area (Å²) in [5, 5.41) is 0. The molecule has 0 aromatic heterocycles. The van der Waals surface area contributed by atoms with Crippen molar-refractivity contribution in [2.75, 3.05) is 0 Å². The standard InChI is InChI=1S/C13H15NO/c1-4-12(10-14-5-2)15-13-8-6-11(3)7-9-13/h4-10H,2H2,1,3H3/b12-4+,14-10?. The molecule has 0 atom stereocenters. The van der Waals surface area contributed by atoms with Gasteiger partial charge >= 0.3 is 0 Å². The van der Waals surface area contributed by atoms with Crippen LogP contribution in [0.5, 0.6) is 5.75 Å². The smallest absolute Gasteiger partial charge is 0.141 e. The van der Waals surface area contributed by atoms with Crippen molar-refractivity contribution >= 4 is 6.21 Å². The van der Waals surface area contributed by atoms with Gasteiger partial charge in [0.25, 0.3) is 0 Å². The van der Waals surface area contributed by atoms with Crippen molar-refractivity contribution in [3.8, 4) is 5.75 Å². The van der Waals surface area contributed by atoms with E-state index in [-0.39, 0.29) is 0 Å². The Morgan fingerprint density at radius 1 is 1.33 bits per heavy atom. The molecule has 1 aromatic rings. The molecular weight excluding hydrogens is 186 g/mol. The highest BCUT2D eigenvalue weighted by Crippen LogP contribution is 2.13. The maximum atomic E-state index is 5.58. The molecular formula is C13H15NO. The first-order valence-corrected chi connectivity index (χ1v) is 4.81. The molecule has 2 nitrogen and oxygen atoms in total. The van der Waals surface area contributed by atoms with Crippen LogP contribution in [0.3, 0.4) is 0 Å². The molecule has 0 heterocycles. The minimum absolute atomic E-state index is 0.707. The third kappa shape index (κ3) is 3.81. The molecule has 1 rings (SSSR count). The van der Waals surface area contributed by atoms with Gasteiger partial charge in [-0.3, -0.25) is 4.99 Å². The highest BCUT2D eigenvalue weighted by molar-refractivity contribution is 5.76. The van der Waals surface area contributed by atoms with E-state index in [1.165, 1.54) is 11.8 Å². The molecule has 0 bridgehead atoms. The Balaban J connectivity index is 2.71. The minimum atomic E-state index is 0.707. The first-order valence-electron chi connectivity index (χ1n) is 4.81. The SMILES string of the molecule is C=CN=C/C(=C\C)Oc1ccc(C)cc1. The van der Waals surface area contributed by atoms with Crippen LogP contribution >= 0.6 is 0 Å². The van der Waals surface area contributed by atoms with Gasteiger partial charge in [0, 0.05) is 6.20 Å². The van der Waals surface area contributed by atoms with E-state index in [1.807, 2.05) is 44.2 Å². The van der Waals surface area contributed by atoms with Crippen LogP contribution < -0.4 is 4.74 Å². The fourth-order valence-electron chi connectivity index (χ4n) is 1.03. The second-order valence-corrected chi connectivity index (χ2v) is 3.07. The van der Waals surface area contributed by atoms with Crippen molar-refractivity contribution in [1.82, 2.24) is 0 Å². The Morgan fingerprint density at radius 3 is 2.53 bits per heavy atom. The van der Waals surface area contributed by atoms with Gasteiger partial charge in [0.15, 0.2) is 0 Å². The van der Waals surface area contributed by atoms with Gasteiger partial charge in [0.1, 0.15) is 11.5 Å². The zero-order valence-corrected chi connectivity index (χ0v) is 9.10. The second-order valence-electron chi connectivity index (χ2n) is 3.07. The van der Waals surface area contributed by atoms with Gasteiger partial charge in [0.2, 0.25) is 0 Å². The van der Waals surface area contributed by atoms with Crippen LogP contribution in [0.4, 0.5) is 0 Å². The lowest BCUT2D eigenvalue weighted by Gasteiger charge is -2.05. The van der Waals surface area contributed by atoms with Gasteiger partial charge in [-0.1, -0.05) is 24.3 Å². The van der Waals surface area contributed by atoms with Crippen molar-refractivity contribution < 1.29 is 4.74 Å². The van der Waals surface area contributed by atoms with Gasteiger partial charge in [-0.2, -0.15) is 0 Å². The molecule has 0 aliphatic heterocycles. The molecule has 1 aromatic carbocycles. The maximum absolute atomic E-state index is 5.58. The summed E-state index contributed by atoms with van der Waals surface area (Å²) in [4.78, 5) is 3.90. The van der Waals surface area contributed by atoms with Gasteiger partial charge in [-0.15, -0.1) is 0 Å². The van der Waals surface area contributed by atoms with Crippen molar-refractivity contribution in [2.45, 2.75) is 13.8 Å². The van der Waals surface area contributed by atoms with Crippen LogP contribution in [0.1, 0.15) is 12.5 Å². The number of benzene rings is 1. The summed E-state index contributed by atoms with van der Waals surface area (Å²) in [6.45, 7) is 7.45. The van der Waals surface area contributed by atoms with Crippen molar-refractivity contribution in [3.63, 3.8) is 0 Å².